The maximum Gasteiger partial charge on any atom is 0.274 e. The highest BCUT2D eigenvalue weighted by Crippen LogP contribution is 2.34. The molecule has 3 heterocycles. The fraction of sp³-hybridized carbons (Fsp3) is 0.706. The molecule has 6 heteroatoms. The minimum atomic E-state index is 0.0228. The Balaban J connectivity index is 1.66. The van der Waals surface area contributed by atoms with E-state index in [1.807, 2.05) is 11.8 Å². The Labute approximate surface area is 138 Å². The van der Waals surface area contributed by atoms with E-state index < -0.39 is 0 Å². The van der Waals surface area contributed by atoms with Crippen molar-refractivity contribution < 1.29 is 4.79 Å². The molecule has 2 aliphatic heterocycles. The number of carbonyl (C=O) groups is 1. The van der Waals surface area contributed by atoms with E-state index in [-0.39, 0.29) is 5.91 Å². The molecule has 0 aliphatic carbocycles. The van der Waals surface area contributed by atoms with Crippen molar-refractivity contribution in [3.8, 4) is 0 Å². The summed E-state index contributed by atoms with van der Waals surface area (Å²) in [6.07, 6.45) is 5.48. The summed E-state index contributed by atoms with van der Waals surface area (Å²) in [4.78, 5) is 27.8. The molecule has 126 valence electrons. The zero-order valence-corrected chi connectivity index (χ0v) is 14.6. The average molecular weight is 317 g/mol. The summed E-state index contributed by atoms with van der Waals surface area (Å²) in [5.41, 5.74) is 1.30. The van der Waals surface area contributed by atoms with Gasteiger partial charge in [0.2, 0.25) is 0 Å². The normalized spacial score (nSPS) is 28.2. The maximum atomic E-state index is 12.6. The first-order valence-corrected chi connectivity index (χ1v) is 8.40. The fourth-order valence-electron chi connectivity index (χ4n) is 4.05. The van der Waals surface area contributed by atoms with Gasteiger partial charge < -0.3 is 9.80 Å². The van der Waals surface area contributed by atoms with E-state index in [1.54, 1.807) is 12.4 Å². The van der Waals surface area contributed by atoms with Crippen LogP contribution in [-0.4, -0.2) is 83.4 Å². The van der Waals surface area contributed by atoms with Crippen molar-refractivity contribution in [2.45, 2.75) is 31.8 Å². The van der Waals surface area contributed by atoms with Crippen LogP contribution in [0.25, 0.3) is 0 Å². The van der Waals surface area contributed by atoms with Gasteiger partial charge in [0, 0.05) is 37.9 Å². The number of aromatic nitrogens is 2. The van der Waals surface area contributed by atoms with Crippen molar-refractivity contribution in [3.05, 3.63) is 23.8 Å². The summed E-state index contributed by atoms with van der Waals surface area (Å²) in [7, 11) is 6.49. The van der Waals surface area contributed by atoms with Gasteiger partial charge in [0.15, 0.2) is 0 Å². The Morgan fingerprint density at radius 1 is 1.35 bits per heavy atom. The zero-order valence-electron chi connectivity index (χ0n) is 14.6. The largest absolute Gasteiger partial charge is 0.337 e. The van der Waals surface area contributed by atoms with E-state index in [0.717, 1.165) is 31.7 Å². The summed E-state index contributed by atoms with van der Waals surface area (Å²) >= 11 is 0. The van der Waals surface area contributed by atoms with Crippen LogP contribution in [0.15, 0.2) is 12.4 Å². The van der Waals surface area contributed by atoms with Crippen LogP contribution < -0.4 is 0 Å². The molecule has 23 heavy (non-hydrogen) atoms. The predicted molar refractivity (Wildman–Crippen MR) is 89.3 cm³/mol. The molecule has 0 saturated carbocycles. The van der Waals surface area contributed by atoms with Crippen LogP contribution in [0.1, 0.15) is 29.0 Å². The first kappa shape index (κ1) is 16.3. The summed E-state index contributed by atoms with van der Waals surface area (Å²) in [5.74, 6) is 0.593. The molecule has 2 aliphatic rings. The summed E-state index contributed by atoms with van der Waals surface area (Å²) < 4.78 is 0. The lowest BCUT2D eigenvalue weighted by atomic mass is 9.92. The molecule has 1 aromatic heterocycles. The number of rotatable bonds is 3. The van der Waals surface area contributed by atoms with Crippen LogP contribution in [0.4, 0.5) is 0 Å². The highest BCUT2D eigenvalue weighted by Gasteiger charge is 2.43. The molecule has 0 aromatic carbocycles. The smallest absolute Gasteiger partial charge is 0.274 e. The average Bonchev–Trinajstić information content (AvgIpc) is 2.82. The van der Waals surface area contributed by atoms with Gasteiger partial charge in [-0.1, -0.05) is 0 Å². The zero-order chi connectivity index (χ0) is 16.6. The molecule has 1 amide bonds. The third-order valence-electron chi connectivity index (χ3n) is 5.23. The second-order valence-corrected chi connectivity index (χ2v) is 7.23. The van der Waals surface area contributed by atoms with Gasteiger partial charge in [-0.05, 0) is 46.8 Å². The molecule has 0 spiro atoms. The Bertz CT molecular complexity index is 559. The lowest BCUT2D eigenvalue weighted by molar-refractivity contribution is 0.0600. The van der Waals surface area contributed by atoms with E-state index in [4.69, 9.17) is 0 Å². The van der Waals surface area contributed by atoms with Gasteiger partial charge in [-0.15, -0.1) is 0 Å². The maximum absolute atomic E-state index is 12.6. The van der Waals surface area contributed by atoms with Crippen molar-refractivity contribution in [1.82, 2.24) is 24.7 Å². The highest BCUT2D eigenvalue weighted by atomic mass is 16.2. The number of hydrogen-bond acceptors (Lipinski definition) is 5. The minimum absolute atomic E-state index is 0.0228. The van der Waals surface area contributed by atoms with Crippen molar-refractivity contribution in [3.63, 3.8) is 0 Å². The van der Waals surface area contributed by atoms with Crippen molar-refractivity contribution in [2.75, 3.05) is 40.8 Å². The minimum Gasteiger partial charge on any atom is -0.337 e. The molecular weight excluding hydrogens is 290 g/mol. The van der Waals surface area contributed by atoms with Crippen LogP contribution in [0.5, 0.6) is 0 Å². The van der Waals surface area contributed by atoms with E-state index in [9.17, 15) is 4.79 Å². The molecule has 2 fully saturated rings. The molecule has 1 aromatic rings. The summed E-state index contributed by atoms with van der Waals surface area (Å²) in [5, 5.41) is 0. The van der Waals surface area contributed by atoms with Gasteiger partial charge in [0.1, 0.15) is 5.69 Å². The summed E-state index contributed by atoms with van der Waals surface area (Å²) in [6, 6.07) is 1.20. The van der Waals surface area contributed by atoms with E-state index in [1.165, 1.54) is 6.42 Å². The first-order valence-electron chi connectivity index (χ1n) is 8.40. The number of amides is 1. The van der Waals surface area contributed by atoms with Crippen molar-refractivity contribution in [2.24, 2.45) is 5.92 Å². The van der Waals surface area contributed by atoms with E-state index >= 15 is 0 Å². The third kappa shape index (κ3) is 3.38. The first-order chi connectivity index (χ1) is 11.0. The quantitative estimate of drug-likeness (QED) is 0.828. The lowest BCUT2D eigenvalue weighted by Crippen LogP contribution is -2.48. The standard InChI is InChI=1S/C17H27N5O/c1-12-8-19-15(9-18-12)17(23)22-6-5-16-13(10-22)7-14(21(16)4)11-20(2)3/h8-9,13-14,16H,5-7,10-11H2,1-4H3/t13-,14+,16+/m1/s1. The van der Waals surface area contributed by atoms with Crippen molar-refractivity contribution >= 4 is 5.91 Å². The van der Waals surface area contributed by atoms with Gasteiger partial charge in [0.25, 0.3) is 5.91 Å². The molecule has 3 rings (SSSR count). The molecular formula is C17H27N5O. The Morgan fingerprint density at radius 2 is 2.13 bits per heavy atom. The molecule has 0 bridgehead atoms. The van der Waals surface area contributed by atoms with Crippen molar-refractivity contribution in [1.29, 1.82) is 0 Å². The Morgan fingerprint density at radius 3 is 2.78 bits per heavy atom. The van der Waals surface area contributed by atoms with Gasteiger partial charge in [-0.2, -0.15) is 0 Å². The molecule has 2 saturated heterocycles. The van der Waals surface area contributed by atoms with Gasteiger partial charge in [-0.25, -0.2) is 4.98 Å². The number of nitrogens with zero attached hydrogens (tertiary/aromatic N) is 5. The third-order valence-corrected chi connectivity index (χ3v) is 5.23. The van der Waals surface area contributed by atoms with E-state index in [0.29, 0.717) is 23.7 Å². The van der Waals surface area contributed by atoms with Gasteiger partial charge in [0.05, 0.1) is 11.9 Å². The van der Waals surface area contributed by atoms with Crippen LogP contribution in [0.3, 0.4) is 0 Å². The van der Waals surface area contributed by atoms with Crippen LogP contribution in [0.2, 0.25) is 0 Å². The monoisotopic (exact) mass is 317 g/mol. The Hall–Kier alpha value is -1.53. The SMILES string of the molecule is Cc1cnc(C(=O)N2CC[C@H]3[C@H](C[C@@H](CN(C)C)N3C)C2)cn1. The number of fused-ring (bicyclic) bond motifs is 1. The topological polar surface area (TPSA) is 52.6 Å². The van der Waals surface area contributed by atoms with Crippen LogP contribution in [0, 0.1) is 12.8 Å². The number of hydrogen-bond donors (Lipinski definition) is 0. The lowest BCUT2D eigenvalue weighted by Gasteiger charge is -2.37. The number of aryl methyl sites for hydroxylation is 1. The van der Waals surface area contributed by atoms with Gasteiger partial charge >= 0.3 is 0 Å². The summed E-state index contributed by atoms with van der Waals surface area (Å²) in [6.45, 7) is 4.62. The molecule has 3 atom stereocenters. The molecule has 6 nitrogen and oxygen atoms in total. The van der Waals surface area contributed by atoms with Crippen LogP contribution in [-0.2, 0) is 0 Å². The number of carbonyl (C=O) groups excluding carboxylic acids is 1. The molecule has 0 radical (unpaired) electrons. The molecule has 0 N–H and O–H groups in total. The number of piperidine rings is 1. The predicted octanol–water partition coefficient (Wildman–Crippen LogP) is 0.881. The fourth-order valence-corrected chi connectivity index (χ4v) is 4.05. The van der Waals surface area contributed by atoms with E-state index in [2.05, 4.69) is 40.9 Å². The second-order valence-electron chi connectivity index (χ2n) is 7.23. The molecule has 0 unspecified atom stereocenters. The Kier molecular flexibility index (Phi) is 4.64. The number of likely N-dealkylation sites (tertiary alicyclic amines) is 2. The van der Waals surface area contributed by atoms with Gasteiger partial charge in [-0.3, -0.25) is 14.7 Å². The second kappa shape index (κ2) is 6.53. The highest BCUT2D eigenvalue weighted by molar-refractivity contribution is 5.92. The number of likely N-dealkylation sites (N-methyl/N-ethyl adjacent to an activating group) is 2. The van der Waals surface area contributed by atoms with Crippen LogP contribution >= 0.6 is 0 Å².